The van der Waals surface area contributed by atoms with Gasteiger partial charge in [-0.05, 0) is 53.1 Å². The quantitative estimate of drug-likeness (QED) is 0.180. The minimum absolute atomic E-state index is 0.0454. The first-order valence-corrected chi connectivity index (χ1v) is 14.1. The predicted molar refractivity (Wildman–Crippen MR) is 146 cm³/mol. The van der Waals surface area contributed by atoms with Crippen LogP contribution in [0.2, 0.25) is 0 Å². The number of unbranched alkanes of at least 4 members (excludes halogenated alkanes) is 1. The lowest BCUT2D eigenvalue weighted by atomic mass is 10.1. The highest BCUT2D eigenvalue weighted by molar-refractivity contribution is 5.87. The third-order valence-corrected chi connectivity index (χ3v) is 7.35. The molecule has 3 aliphatic heterocycles. The predicted octanol–water partition coefficient (Wildman–Crippen LogP) is 0.927. The Kier molecular flexibility index (Phi) is 11.2. The lowest BCUT2D eigenvalue weighted by Crippen LogP contribution is -2.60. The summed E-state index contributed by atoms with van der Waals surface area (Å²) in [5, 5.41) is 16.8. The smallest absolute Gasteiger partial charge is 0.411 e. The summed E-state index contributed by atoms with van der Waals surface area (Å²) >= 11 is 0. The summed E-state index contributed by atoms with van der Waals surface area (Å²) in [6, 6.07) is -0.505. The molecule has 0 bridgehead atoms. The number of nitrogens with two attached hydrogens (primary N) is 1. The molecule has 0 aromatic heterocycles. The average molecular weight is 554 g/mol. The van der Waals surface area contributed by atoms with Crippen LogP contribution in [0, 0.1) is 5.41 Å². The fourth-order valence-electron chi connectivity index (χ4n) is 5.28. The number of ether oxygens (including phenoxy) is 2. The summed E-state index contributed by atoms with van der Waals surface area (Å²) < 4.78 is 11.1. The number of hydrogen-bond acceptors (Lipinski definition) is 9. The highest BCUT2D eigenvalue weighted by atomic mass is 16.6. The summed E-state index contributed by atoms with van der Waals surface area (Å²) in [5.41, 5.74) is 5.21. The zero-order valence-electron chi connectivity index (χ0n) is 23.8. The van der Waals surface area contributed by atoms with E-state index in [9.17, 15) is 14.4 Å². The van der Waals surface area contributed by atoms with Crippen molar-refractivity contribution >= 4 is 24.0 Å². The summed E-state index contributed by atoms with van der Waals surface area (Å²) in [6.07, 6.45) is 1.77. The molecule has 0 saturated carbocycles. The number of carbonyl (C=O) groups is 3. The molecule has 2 amide bonds. The lowest BCUT2D eigenvalue weighted by molar-refractivity contribution is -0.137. The molecule has 0 aromatic rings. The Balaban J connectivity index is 1.32. The van der Waals surface area contributed by atoms with Crippen molar-refractivity contribution in [2.75, 3.05) is 78.5 Å². The fraction of sp³-hybridized carbons (Fsp3) is 0.846. The molecule has 3 heterocycles. The van der Waals surface area contributed by atoms with Crippen molar-refractivity contribution in [1.82, 2.24) is 24.5 Å². The van der Waals surface area contributed by atoms with Gasteiger partial charge in [-0.25, -0.2) is 9.59 Å². The Bertz CT molecular complexity index is 858. The zero-order chi connectivity index (χ0) is 28.6. The van der Waals surface area contributed by atoms with Crippen molar-refractivity contribution in [3.63, 3.8) is 0 Å². The Morgan fingerprint density at radius 3 is 2.23 bits per heavy atom. The third kappa shape index (κ3) is 10.1. The highest BCUT2D eigenvalue weighted by Crippen LogP contribution is 2.18. The Hall–Kier alpha value is -2.64. The number of amidine groups is 1. The van der Waals surface area contributed by atoms with Gasteiger partial charge in [-0.2, -0.15) is 0 Å². The largest absolute Gasteiger partial charge is 0.481 e. The number of amides is 2. The molecule has 2 unspecified atom stereocenters. The number of aliphatic carboxylic acids is 1. The van der Waals surface area contributed by atoms with Crippen LogP contribution in [-0.2, 0) is 14.3 Å². The Morgan fingerprint density at radius 2 is 1.59 bits per heavy atom. The maximum absolute atomic E-state index is 12.6. The first kappa shape index (κ1) is 30.9. The van der Waals surface area contributed by atoms with Gasteiger partial charge in [0.1, 0.15) is 23.6 Å². The molecule has 0 spiro atoms. The van der Waals surface area contributed by atoms with Crippen molar-refractivity contribution in [2.45, 2.75) is 64.2 Å². The van der Waals surface area contributed by atoms with Crippen LogP contribution in [-0.4, -0.2) is 150 Å². The number of carbonyl (C=O) groups excluding carboxylic acids is 2. The SMILES string of the molecule is CC(C)(C)OC(=O)N1CCN(CCCCN2CC(CN3CCN(CCCC(=O)O)CC3)OC2=O)CC1C(=N)N. The molecule has 4 N–H and O–H groups in total. The molecular weight excluding hydrogens is 506 g/mol. The summed E-state index contributed by atoms with van der Waals surface area (Å²) in [6.45, 7) is 14.2. The van der Waals surface area contributed by atoms with Crippen LogP contribution < -0.4 is 5.73 Å². The number of cyclic esters (lactones) is 1. The second kappa shape index (κ2) is 14.1. The molecule has 222 valence electrons. The molecule has 3 fully saturated rings. The molecule has 0 radical (unpaired) electrons. The Morgan fingerprint density at radius 1 is 0.974 bits per heavy atom. The first-order chi connectivity index (χ1) is 18.4. The van der Waals surface area contributed by atoms with Gasteiger partial charge in [0.05, 0.1) is 6.54 Å². The molecule has 0 aliphatic carbocycles. The van der Waals surface area contributed by atoms with E-state index in [0.29, 0.717) is 39.1 Å². The van der Waals surface area contributed by atoms with Crippen LogP contribution in [0.3, 0.4) is 0 Å². The van der Waals surface area contributed by atoms with Gasteiger partial charge in [0.15, 0.2) is 0 Å². The van der Waals surface area contributed by atoms with Gasteiger partial charge in [-0.15, -0.1) is 0 Å². The van der Waals surface area contributed by atoms with Crippen LogP contribution in [0.25, 0.3) is 0 Å². The van der Waals surface area contributed by atoms with Crippen LogP contribution in [0.5, 0.6) is 0 Å². The standard InChI is InChI=1S/C26H47N7O6/c1-26(2,3)39-25(37)33-16-15-30(19-21(33)23(27)28)8-4-5-10-32-18-20(38-24(32)36)17-31-13-11-29(12-14-31)9-6-7-22(34)35/h20-21H,4-19H2,1-3H3,(H3,27,28)(H,34,35). The minimum atomic E-state index is -0.749. The van der Waals surface area contributed by atoms with E-state index in [4.69, 9.17) is 25.7 Å². The minimum Gasteiger partial charge on any atom is -0.481 e. The van der Waals surface area contributed by atoms with E-state index < -0.39 is 23.7 Å². The maximum Gasteiger partial charge on any atom is 0.411 e. The van der Waals surface area contributed by atoms with Crippen LogP contribution >= 0.6 is 0 Å². The van der Waals surface area contributed by atoms with Gasteiger partial charge in [0.2, 0.25) is 0 Å². The van der Waals surface area contributed by atoms with E-state index in [-0.39, 0.29) is 24.5 Å². The number of piperazine rings is 2. The van der Waals surface area contributed by atoms with Crippen molar-refractivity contribution in [3.05, 3.63) is 0 Å². The van der Waals surface area contributed by atoms with Gasteiger partial charge in [-0.1, -0.05) is 0 Å². The van der Waals surface area contributed by atoms with E-state index in [0.717, 1.165) is 58.7 Å². The molecule has 2 atom stereocenters. The van der Waals surface area contributed by atoms with E-state index >= 15 is 0 Å². The number of rotatable bonds is 12. The Labute approximate surface area is 231 Å². The number of nitrogens with one attached hydrogen (secondary N) is 1. The van der Waals surface area contributed by atoms with Crippen LogP contribution in [0.1, 0.15) is 46.5 Å². The second-order valence-corrected chi connectivity index (χ2v) is 11.7. The van der Waals surface area contributed by atoms with Gasteiger partial charge in [0, 0.05) is 65.3 Å². The molecule has 0 aromatic carbocycles. The van der Waals surface area contributed by atoms with E-state index in [1.807, 2.05) is 20.8 Å². The topological polar surface area (TPSA) is 156 Å². The molecule has 3 saturated heterocycles. The van der Waals surface area contributed by atoms with Crippen molar-refractivity contribution in [1.29, 1.82) is 5.41 Å². The van der Waals surface area contributed by atoms with E-state index in [2.05, 4.69) is 14.7 Å². The molecule has 3 aliphatic rings. The number of carboxylic acid groups (broad SMARTS) is 1. The summed E-state index contributed by atoms with van der Waals surface area (Å²) in [5.74, 6) is -0.794. The monoisotopic (exact) mass is 553 g/mol. The maximum atomic E-state index is 12.6. The average Bonchev–Trinajstić information content (AvgIpc) is 3.20. The highest BCUT2D eigenvalue weighted by Gasteiger charge is 2.35. The summed E-state index contributed by atoms with van der Waals surface area (Å²) in [7, 11) is 0. The first-order valence-electron chi connectivity index (χ1n) is 14.1. The van der Waals surface area contributed by atoms with E-state index in [1.165, 1.54) is 0 Å². The number of carboxylic acids is 1. The molecule has 39 heavy (non-hydrogen) atoms. The molecule has 13 nitrogen and oxygen atoms in total. The van der Waals surface area contributed by atoms with Gasteiger partial charge in [0.25, 0.3) is 0 Å². The zero-order valence-corrected chi connectivity index (χ0v) is 23.8. The third-order valence-electron chi connectivity index (χ3n) is 7.35. The van der Waals surface area contributed by atoms with E-state index in [1.54, 1.807) is 9.80 Å². The van der Waals surface area contributed by atoms with Crippen molar-refractivity contribution in [2.24, 2.45) is 5.73 Å². The molecule has 3 rings (SSSR count). The van der Waals surface area contributed by atoms with Crippen LogP contribution in [0.15, 0.2) is 0 Å². The van der Waals surface area contributed by atoms with Gasteiger partial charge in [-0.3, -0.25) is 24.9 Å². The van der Waals surface area contributed by atoms with Gasteiger partial charge < -0.3 is 30.1 Å². The summed E-state index contributed by atoms with van der Waals surface area (Å²) in [4.78, 5) is 45.8. The van der Waals surface area contributed by atoms with Crippen molar-refractivity contribution in [3.8, 4) is 0 Å². The lowest BCUT2D eigenvalue weighted by Gasteiger charge is -2.41. The van der Waals surface area contributed by atoms with Gasteiger partial charge >= 0.3 is 18.2 Å². The fourth-order valence-corrected chi connectivity index (χ4v) is 5.28. The molecule has 13 heteroatoms. The van der Waals surface area contributed by atoms with Crippen LogP contribution in [0.4, 0.5) is 9.59 Å². The normalized spacial score (nSPS) is 23.6. The number of hydrogen-bond donors (Lipinski definition) is 3. The molecular formula is C26H47N7O6. The van der Waals surface area contributed by atoms with Crippen molar-refractivity contribution < 1.29 is 29.0 Å². The second-order valence-electron chi connectivity index (χ2n) is 11.7. The number of nitrogens with zero attached hydrogens (tertiary/aromatic N) is 5.